The predicted octanol–water partition coefficient (Wildman–Crippen LogP) is 2.34. The molecule has 1 aliphatic heterocycles. The second-order valence-electron chi connectivity index (χ2n) is 5.09. The van der Waals surface area contributed by atoms with Crippen LogP contribution in [0.1, 0.15) is 32.1 Å². The number of fused-ring (bicyclic) bond motifs is 2. The lowest BCUT2D eigenvalue weighted by molar-refractivity contribution is 0.393. The van der Waals surface area contributed by atoms with Crippen molar-refractivity contribution >= 4 is 0 Å². The molecule has 72 valence electrons. The first-order valence-electron chi connectivity index (χ1n) is 5.82. The molecule has 1 N–H and O–H groups in total. The third-order valence-electron chi connectivity index (χ3n) is 4.22. The van der Waals surface area contributed by atoms with E-state index in [0.717, 1.165) is 17.8 Å². The van der Waals surface area contributed by atoms with Crippen molar-refractivity contribution in [3.05, 3.63) is 11.6 Å². The first kappa shape index (κ1) is 8.05. The van der Waals surface area contributed by atoms with E-state index in [9.17, 15) is 0 Å². The third-order valence-corrected chi connectivity index (χ3v) is 4.22. The maximum atomic E-state index is 3.42. The van der Waals surface area contributed by atoms with Gasteiger partial charge in [-0.2, -0.15) is 0 Å². The van der Waals surface area contributed by atoms with E-state index in [0.29, 0.717) is 0 Å². The van der Waals surface area contributed by atoms with Gasteiger partial charge in [0.2, 0.25) is 0 Å². The van der Waals surface area contributed by atoms with Gasteiger partial charge in [0.25, 0.3) is 0 Å². The average Bonchev–Trinajstić information content (AvgIpc) is 2.77. The van der Waals surface area contributed by atoms with Gasteiger partial charge in [-0.3, -0.25) is 0 Å². The van der Waals surface area contributed by atoms with E-state index in [1.807, 2.05) is 0 Å². The molecule has 0 amide bonds. The molecule has 1 nitrogen and oxygen atoms in total. The standard InChI is InChI=1S/C12H19N/c1-2-11-5-9(1)6-12(11)7-10-3-4-13-8-10/h7,9,11-13H,1-6,8H2/b10-7-. The van der Waals surface area contributed by atoms with Gasteiger partial charge in [0, 0.05) is 6.54 Å². The first-order valence-corrected chi connectivity index (χ1v) is 5.82. The Hall–Kier alpha value is -0.300. The Morgan fingerprint density at radius 3 is 2.85 bits per heavy atom. The Morgan fingerprint density at radius 1 is 1.23 bits per heavy atom. The smallest absolute Gasteiger partial charge is 0.0165 e. The molecule has 3 fully saturated rings. The van der Waals surface area contributed by atoms with Gasteiger partial charge in [-0.15, -0.1) is 0 Å². The van der Waals surface area contributed by atoms with E-state index in [4.69, 9.17) is 0 Å². The average molecular weight is 177 g/mol. The van der Waals surface area contributed by atoms with Crippen LogP contribution in [-0.2, 0) is 0 Å². The minimum Gasteiger partial charge on any atom is -0.313 e. The zero-order valence-corrected chi connectivity index (χ0v) is 8.26. The summed E-state index contributed by atoms with van der Waals surface area (Å²) in [7, 11) is 0. The van der Waals surface area contributed by atoms with Crippen LogP contribution in [0, 0.1) is 17.8 Å². The fourth-order valence-corrected chi connectivity index (χ4v) is 3.53. The molecule has 1 heteroatoms. The number of hydrogen-bond donors (Lipinski definition) is 1. The van der Waals surface area contributed by atoms with E-state index in [1.165, 1.54) is 38.8 Å². The molecule has 0 aromatic carbocycles. The molecule has 3 aliphatic rings. The van der Waals surface area contributed by atoms with Crippen LogP contribution in [0.5, 0.6) is 0 Å². The monoisotopic (exact) mass is 177 g/mol. The van der Waals surface area contributed by atoms with Gasteiger partial charge in [-0.05, 0) is 50.0 Å². The molecule has 3 atom stereocenters. The summed E-state index contributed by atoms with van der Waals surface area (Å²) in [5.41, 5.74) is 1.69. The Kier molecular flexibility index (Phi) is 1.93. The van der Waals surface area contributed by atoms with E-state index in [2.05, 4.69) is 11.4 Å². The second kappa shape index (κ2) is 3.13. The van der Waals surface area contributed by atoms with E-state index < -0.39 is 0 Å². The number of nitrogens with one attached hydrogen (secondary N) is 1. The van der Waals surface area contributed by atoms with Crippen molar-refractivity contribution in [2.75, 3.05) is 13.1 Å². The molecule has 0 aromatic rings. The molecule has 0 radical (unpaired) electrons. The van der Waals surface area contributed by atoms with Gasteiger partial charge in [-0.1, -0.05) is 18.1 Å². The molecule has 1 heterocycles. The highest BCUT2D eigenvalue weighted by Gasteiger charge is 2.38. The van der Waals surface area contributed by atoms with Gasteiger partial charge in [0.05, 0.1) is 0 Å². The lowest BCUT2D eigenvalue weighted by Crippen LogP contribution is -2.09. The molecule has 2 saturated carbocycles. The Morgan fingerprint density at radius 2 is 2.23 bits per heavy atom. The highest BCUT2D eigenvalue weighted by Crippen LogP contribution is 2.49. The van der Waals surface area contributed by atoms with Crippen LogP contribution in [0.3, 0.4) is 0 Å². The van der Waals surface area contributed by atoms with Crippen molar-refractivity contribution in [1.29, 1.82) is 0 Å². The van der Waals surface area contributed by atoms with E-state index in [1.54, 1.807) is 12.0 Å². The molecule has 2 aliphatic carbocycles. The van der Waals surface area contributed by atoms with Crippen LogP contribution < -0.4 is 5.32 Å². The topological polar surface area (TPSA) is 12.0 Å². The molecule has 0 aromatic heterocycles. The predicted molar refractivity (Wildman–Crippen MR) is 54.5 cm³/mol. The van der Waals surface area contributed by atoms with Gasteiger partial charge in [-0.25, -0.2) is 0 Å². The summed E-state index contributed by atoms with van der Waals surface area (Å²) >= 11 is 0. The maximum absolute atomic E-state index is 3.42. The Labute approximate surface area is 80.6 Å². The summed E-state index contributed by atoms with van der Waals surface area (Å²) < 4.78 is 0. The van der Waals surface area contributed by atoms with Crippen molar-refractivity contribution in [3.8, 4) is 0 Å². The minimum atomic E-state index is 0.966. The summed E-state index contributed by atoms with van der Waals surface area (Å²) in [5.74, 6) is 3.13. The van der Waals surface area contributed by atoms with Crippen LogP contribution in [0.4, 0.5) is 0 Å². The summed E-state index contributed by atoms with van der Waals surface area (Å²) in [6.45, 7) is 2.39. The van der Waals surface area contributed by atoms with E-state index in [-0.39, 0.29) is 0 Å². The van der Waals surface area contributed by atoms with Crippen molar-refractivity contribution in [2.45, 2.75) is 32.1 Å². The molecule has 1 saturated heterocycles. The lowest BCUT2D eigenvalue weighted by Gasteiger charge is -2.18. The lowest BCUT2D eigenvalue weighted by atomic mass is 9.87. The van der Waals surface area contributed by atoms with Crippen LogP contribution in [0.15, 0.2) is 11.6 Å². The second-order valence-corrected chi connectivity index (χ2v) is 5.09. The molecule has 3 unspecified atom stereocenters. The quantitative estimate of drug-likeness (QED) is 0.606. The third kappa shape index (κ3) is 1.43. The van der Waals surface area contributed by atoms with Crippen molar-refractivity contribution in [1.82, 2.24) is 5.32 Å². The molecular weight excluding hydrogens is 158 g/mol. The van der Waals surface area contributed by atoms with Gasteiger partial charge >= 0.3 is 0 Å². The van der Waals surface area contributed by atoms with Crippen LogP contribution in [0.25, 0.3) is 0 Å². The van der Waals surface area contributed by atoms with Crippen LogP contribution >= 0.6 is 0 Å². The molecule has 13 heavy (non-hydrogen) atoms. The zero-order valence-electron chi connectivity index (χ0n) is 8.26. The van der Waals surface area contributed by atoms with Crippen molar-refractivity contribution in [2.24, 2.45) is 17.8 Å². The van der Waals surface area contributed by atoms with Crippen LogP contribution in [-0.4, -0.2) is 13.1 Å². The molecule has 0 spiro atoms. The summed E-state index contributed by atoms with van der Waals surface area (Å²) in [5, 5.41) is 3.42. The highest BCUT2D eigenvalue weighted by molar-refractivity contribution is 5.13. The largest absolute Gasteiger partial charge is 0.313 e. The molecule has 2 bridgehead atoms. The fourth-order valence-electron chi connectivity index (χ4n) is 3.53. The molecular formula is C12H19N. The number of allylic oxidation sites excluding steroid dienone is 1. The molecule has 3 rings (SSSR count). The summed E-state index contributed by atoms with van der Waals surface area (Å²) in [6.07, 6.45) is 10.0. The Balaban J connectivity index is 1.69. The van der Waals surface area contributed by atoms with Gasteiger partial charge in [0.1, 0.15) is 0 Å². The number of hydrogen-bond acceptors (Lipinski definition) is 1. The van der Waals surface area contributed by atoms with Crippen molar-refractivity contribution < 1.29 is 0 Å². The van der Waals surface area contributed by atoms with Crippen molar-refractivity contribution in [3.63, 3.8) is 0 Å². The minimum absolute atomic E-state index is 0.966. The highest BCUT2D eigenvalue weighted by atomic mass is 14.9. The summed E-state index contributed by atoms with van der Waals surface area (Å²) in [4.78, 5) is 0. The van der Waals surface area contributed by atoms with Gasteiger partial charge in [0.15, 0.2) is 0 Å². The number of rotatable bonds is 1. The normalized spacial score (nSPS) is 46.5. The van der Waals surface area contributed by atoms with Gasteiger partial charge < -0.3 is 5.32 Å². The van der Waals surface area contributed by atoms with Crippen LogP contribution in [0.2, 0.25) is 0 Å². The maximum Gasteiger partial charge on any atom is 0.0165 e. The Bertz CT molecular complexity index is 223. The van der Waals surface area contributed by atoms with E-state index >= 15 is 0 Å². The zero-order chi connectivity index (χ0) is 8.67. The fraction of sp³-hybridized carbons (Fsp3) is 0.833. The summed E-state index contributed by atoms with van der Waals surface area (Å²) in [6, 6.07) is 0. The SMILES string of the molecule is C(=C1\CCNC1)/C1CC2CCC1C2. The first-order chi connectivity index (χ1) is 6.42.